The van der Waals surface area contributed by atoms with Crippen LogP contribution in [0.5, 0.6) is 0 Å². The molecule has 1 heterocycles. The molecule has 86 valence electrons. The summed E-state index contributed by atoms with van der Waals surface area (Å²) in [6.45, 7) is 2.06. The summed E-state index contributed by atoms with van der Waals surface area (Å²) < 4.78 is 22.4. The summed E-state index contributed by atoms with van der Waals surface area (Å²) in [6, 6.07) is 9.61. The predicted molar refractivity (Wildman–Crippen MR) is 65.2 cm³/mol. The van der Waals surface area contributed by atoms with E-state index in [-0.39, 0.29) is 0 Å². The monoisotopic (exact) mass is 238 g/mol. The molecule has 1 aliphatic heterocycles. The number of benzene rings is 1. The van der Waals surface area contributed by atoms with Gasteiger partial charge in [-0.25, -0.2) is 0 Å². The van der Waals surface area contributed by atoms with Gasteiger partial charge in [0, 0.05) is 18.8 Å². The SMILES string of the molecule is CN1CCN(c2ccccc2)C(=S(=O)=O)C1. The summed E-state index contributed by atoms with van der Waals surface area (Å²) >= 11 is 0. The maximum absolute atomic E-state index is 11.2. The first-order valence-electron chi connectivity index (χ1n) is 5.14. The van der Waals surface area contributed by atoms with Gasteiger partial charge in [0.1, 0.15) is 0 Å². The molecular weight excluding hydrogens is 224 g/mol. The number of hydrogen-bond donors (Lipinski definition) is 0. The minimum absolute atomic E-state index is 0.444. The second kappa shape index (κ2) is 4.67. The summed E-state index contributed by atoms with van der Waals surface area (Å²) in [5.74, 6) is 0. The van der Waals surface area contributed by atoms with Gasteiger partial charge in [-0.1, -0.05) is 18.2 Å². The fourth-order valence-electron chi connectivity index (χ4n) is 1.81. The molecule has 1 aliphatic rings. The lowest BCUT2D eigenvalue weighted by Crippen LogP contribution is -2.49. The average Bonchev–Trinajstić information content (AvgIpc) is 2.30. The highest BCUT2D eigenvalue weighted by atomic mass is 32.2. The van der Waals surface area contributed by atoms with Gasteiger partial charge in [-0.05, 0) is 19.2 Å². The molecule has 0 spiro atoms. The summed E-state index contributed by atoms with van der Waals surface area (Å²) in [7, 11) is -0.227. The predicted octanol–water partition coefficient (Wildman–Crippen LogP) is 0.447. The molecule has 4 nitrogen and oxygen atoms in total. The van der Waals surface area contributed by atoms with E-state index in [1.54, 1.807) is 0 Å². The van der Waals surface area contributed by atoms with E-state index >= 15 is 0 Å². The van der Waals surface area contributed by atoms with Gasteiger partial charge in [-0.2, -0.15) is 8.42 Å². The molecule has 1 aromatic carbocycles. The van der Waals surface area contributed by atoms with Crippen molar-refractivity contribution in [2.24, 2.45) is 0 Å². The first-order valence-corrected chi connectivity index (χ1v) is 6.22. The third-order valence-corrected chi connectivity index (χ3v) is 3.41. The van der Waals surface area contributed by atoms with Gasteiger partial charge < -0.3 is 4.90 Å². The molecule has 1 saturated heterocycles. The molecule has 0 atom stereocenters. The molecule has 0 unspecified atom stereocenters. The van der Waals surface area contributed by atoms with Crippen molar-refractivity contribution in [2.45, 2.75) is 0 Å². The summed E-state index contributed by atoms with van der Waals surface area (Å²) in [5.41, 5.74) is 0.940. The quantitative estimate of drug-likeness (QED) is 0.666. The molecular formula is C11H14N2O2S. The minimum Gasteiger partial charge on any atom is -0.330 e. The molecule has 0 aromatic heterocycles. The van der Waals surface area contributed by atoms with E-state index in [1.165, 1.54) is 0 Å². The van der Waals surface area contributed by atoms with Crippen LogP contribution >= 0.6 is 0 Å². The van der Waals surface area contributed by atoms with Crippen molar-refractivity contribution in [3.63, 3.8) is 0 Å². The molecule has 2 rings (SSSR count). The van der Waals surface area contributed by atoms with E-state index in [2.05, 4.69) is 0 Å². The number of nitrogens with zero attached hydrogens (tertiary/aromatic N) is 2. The normalized spacial score (nSPS) is 17.6. The average molecular weight is 238 g/mol. The number of rotatable bonds is 1. The Hall–Kier alpha value is -1.33. The first-order chi connectivity index (χ1) is 7.68. The van der Waals surface area contributed by atoms with E-state index in [1.807, 2.05) is 47.2 Å². The van der Waals surface area contributed by atoms with Crippen LogP contribution in [0.2, 0.25) is 0 Å². The van der Waals surface area contributed by atoms with Crippen LogP contribution < -0.4 is 4.90 Å². The van der Waals surface area contributed by atoms with Crippen LogP contribution in [0.25, 0.3) is 0 Å². The number of para-hydroxylation sites is 1. The Morgan fingerprint density at radius 2 is 1.81 bits per heavy atom. The molecule has 1 aromatic rings. The lowest BCUT2D eigenvalue weighted by Gasteiger charge is -2.33. The molecule has 0 aliphatic carbocycles. The van der Waals surface area contributed by atoms with E-state index in [9.17, 15) is 8.42 Å². The Morgan fingerprint density at radius 3 is 2.44 bits per heavy atom. The zero-order valence-corrected chi connectivity index (χ0v) is 9.94. The number of hydrogen-bond acceptors (Lipinski definition) is 3. The van der Waals surface area contributed by atoms with Gasteiger partial charge in [0.25, 0.3) is 0 Å². The number of piperazine rings is 1. The zero-order chi connectivity index (χ0) is 11.5. The Kier molecular flexibility index (Phi) is 3.26. The Bertz CT molecular complexity index is 488. The van der Waals surface area contributed by atoms with Crippen molar-refractivity contribution in [3.8, 4) is 0 Å². The third kappa shape index (κ3) is 2.25. The highest BCUT2D eigenvalue weighted by molar-refractivity contribution is 7.73. The zero-order valence-electron chi connectivity index (χ0n) is 9.13. The molecule has 16 heavy (non-hydrogen) atoms. The lowest BCUT2D eigenvalue weighted by atomic mass is 10.2. The Labute approximate surface area is 96.6 Å². The topological polar surface area (TPSA) is 40.6 Å². The molecule has 0 amide bonds. The van der Waals surface area contributed by atoms with Crippen molar-refractivity contribution >= 4 is 21.0 Å². The van der Waals surface area contributed by atoms with Crippen molar-refractivity contribution in [1.29, 1.82) is 0 Å². The van der Waals surface area contributed by atoms with Crippen LogP contribution in [-0.2, 0) is 10.3 Å². The number of likely N-dealkylation sites (N-methyl/N-ethyl adjacent to an activating group) is 1. The van der Waals surface area contributed by atoms with Gasteiger partial charge in [-0.15, -0.1) is 0 Å². The van der Waals surface area contributed by atoms with Gasteiger partial charge in [0.05, 0.1) is 6.54 Å². The maximum atomic E-state index is 11.2. The fourth-order valence-corrected chi connectivity index (χ4v) is 2.52. The molecule has 1 fully saturated rings. The molecule has 5 heteroatoms. The largest absolute Gasteiger partial charge is 0.330 e. The van der Waals surface area contributed by atoms with Gasteiger partial charge >= 0.3 is 0 Å². The first kappa shape index (κ1) is 11.2. The second-order valence-corrected chi connectivity index (χ2v) is 4.79. The molecule has 0 radical (unpaired) electrons. The van der Waals surface area contributed by atoms with Crippen LogP contribution in [0.1, 0.15) is 0 Å². The smallest absolute Gasteiger partial charge is 0.235 e. The summed E-state index contributed by atoms with van der Waals surface area (Å²) in [6.07, 6.45) is 0. The fraction of sp³-hybridized carbons (Fsp3) is 0.364. The highest BCUT2D eigenvalue weighted by Crippen LogP contribution is 2.16. The maximum Gasteiger partial charge on any atom is 0.235 e. The van der Waals surface area contributed by atoms with Crippen LogP contribution in [-0.4, -0.2) is 45.0 Å². The highest BCUT2D eigenvalue weighted by Gasteiger charge is 2.22. The van der Waals surface area contributed by atoms with Crippen molar-refractivity contribution in [1.82, 2.24) is 4.90 Å². The second-order valence-electron chi connectivity index (χ2n) is 3.85. The van der Waals surface area contributed by atoms with Crippen LogP contribution in [0, 0.1) is 0 Å². The van der Waals surface area contributed by atoms with Crippen LogP contribution in [0.15, 0.2) is 30.3 Å². The van der Waals surface area contributed by atoms with Gasteiger partial charge in [0.2, 0.25) is 10.3 Å². The lowest BCUT2D eigenvalue weighted by molar-refractivity contribution is 0.374. The third-order valence-electron chi connectivity index (χ3n) is 2.67. The van der Waals surface area contributed by atoms with Crippen LogP contribution in [0.4, 0.5) is 5.69 Å². The summed E-state index contributed by atoms with van der Waals surface area (Å²) in [4.78, 5) is 4.31. The van der Waals surface area contributed by atoms with Gasteiger partial charge in [0.15, 0.2) is 4.99 Å². The van der Waals surface area contributed by atoms with Gasteiger partial charge in [-0.3, -0.25) is 4.90 Å². The Balaban J connectivity index is 2.38. The number of anilines is 1. The minimum atomic E-state index is -2.15. The van der Waals surface area contributed by atoms with Crippen molar-refractivity contribution < 1.29 is 8.42 Å². The Morgan fingerprint density at radius 1 is 1.12 bits per heavy atom. The van der Waals surface area contributed by atoms with E-state index < -0.39 is 10.3 Å². The van der Waals surface area contributed by atoms with Crippen molar-refractivity contribution in [3.05, 3.63) is 30.3 Å². The van der Waals surface area contributed by atoms with Crippen LogP contribution in [0.3, 0.4) is 0 Å². The van der Waals surface area contributed by atoms with Crippen molar-refractivity contribution in [2.75, 3.05) is 31.6 Å². The molecule has 0 saturated carbocycles. The molecule has 0 N–H and O–H groups in total. The molecule has 0 bridgehead atoms. The summed E-state index contributed by atoms with van der Waals surface area (Å²) in [5, 5.41) is 0. The van der Waals surface area contributed by atoms with E-state index in [0.29, 0.717) is 18.1 Å². The van der Waals surface area contributed by atoms with E-state index in [4.69, 9.17) is 0 Å². The van der Waals surface area contributed by atoms with E-state index in [0.717, 1.165) is 12.2 Å². The standard InChI is InChI=1S/C11H14N2O2S/c1-12-7-8-13(11(9-12)16(14)15)10-5-3-2-4-6-10/h2-6H,7-9H2,1H3.